The van der Waals surface area contributed by atoms with Crippen molar-refractivity contribution < 1.29 is 14.7 Å². The molecule has 2 aliphatic carbocycles. The number of carbonyl (C=O) groups excluding carboxylic acids is 1. The van der Waals surface area contributed by atoms with E-state index < -0.39 is 17.8 Å². The lowest BCUT2D eigenvalue weighted by molar-refractivity contribution is -0.146. The first kappa shape index (κ1) is 13.9. The summed E-state index contributed by atoms with van der Waals surface area (Å²) in [5, 5.41) is 13.2. The van der Waals surface area contributed by atoms with Crippen LogP contribution in [0.25, 0.3) is 10.9 Å². The van der Waals surface area contributed by atoms with Crippen molar-refractivity contribution in [2.45, 2.75) is 6.42 Å². The summed E-state index contributed by atoms with van der Waals surface area (Å²) >= 11 is 0. The highest BCUT2D eigenvalue weighted by Crippen LogP contribution is 2.48. The van der Waals surface area contributed by atoms with E-state index in [4.69, 9.17) is 0 Å². The lowest BCUT2D eigenvalue weighted by atomic mass is 9.82. The number of fused-ring (bicyclic) bond motifs is 3. The minimum Gasteiger partial charge on any atom is -0.481 e. The van der Waals surface area contributed by atoms with Gasteiger partial charge in [-0.2, -0.15) is 0 Å². The van der Waals surface area contributed by atoms with E-state index in [0.29, 0.717) is 5.69 Å². The molecule has 1 heterocycles. The van der Waals surface area contributed by atoms with Gasteiger partial charge in [0.05, 0.1) is 29.2 Å². The van der Waals surface area contributed by atoms with Crippen LogP contribution in [0.3, 0.4) is 0 Å². The number of carboxylic acid groups (broad SMARTS) is 1. The number of carbonyl (C=O) groups is 2. The third-order valence-corrected chi connectivity index (χ3v) is 4.91. The van der Waals surface area contributed by atoms with Crippen molar-refractivity contribution in [2.75, 3.05) is 5.32 Å². The van der Waals surface area contributed by atoms with Gasteiger partial charge in [-0.05, 0) is 30.4 Å². The molecule has 1 amide bonds. The number of aliphatic carboxylic acids is 1. The molecule has 2 bridgehead atoms. The average molecular weight is 308 g/mol. The molecule has 2 N–H and O–H groups in total. The molecular formula is C18H16N2O3. The Morgan fingerprint density at radius 3 is 2.65 bits per heavy atom. The van der Waals surface area contributed by atoms with Crippen LogP contribution >= 0.6 is 0 Å². The van der Waals surface area contributed by atoms with E-state index in [1.807, 2.05) is 42.5 Å². The molecule has 1 aromatic carbocycles. The molecule has 116 valence electrons. The van der Waals surface area contributed by atoms with Gasteiger partial charge >= 0.3 is 5.97 Å². The van der Waals surface area contributed by atoms with Crippen molar-refractivity contribution in [1.29, 1.82) is 0 Å². The van der Waals surface area contributed by atoms with Crippen LogP contribution in [0.1, 0.15) is 6.42 Å². The number of carboxylic acids is 1. The quantitative estimate of drug-likeness (QED) is 0.854. The molecule has 1 saturated carbocycles. The summed E-state index contributed by atoms with van der Waals surface area (Å²) in [6.45, 7) is 0. The SMILES string of the molecule is O=C(O)[C@@H]1[C@H](C(=O)Nc2cnc3ccccc3c2)[C@@H]2C=C[C@H]1C2. The fraction of sp³-hybridized carbons (Fsp3) is 0.278. The summed E-state index contributed by atoms with van der Waals surface area (Å²) in [7, 11) is 0. The van der Waals surface area contributed by atoms with Crippen LogP contribution in [0.4, 0.5) is 5.69 Å². The van der Waals surface area contributed by atoms with Crippen LogP contribution in [0.5, 0.6) is 0 Å². The van der Waals surface area contributed by atoms with Crippen LogP contribution in [-0.4, -0.2) is 22.0 Å². The predicted molar refractivity (Wildman–Crippen MR) is 85.7 cm³/mol. The molecule has 1 fully saturated rings. The van der Waals surface area contributed by atoms with Gasteiger partial charge in [-0.3, -0.25) is 14.6 Å². The number of hydrogen-bond donors (Lipinski definition) is 2. The van der Waals surface area contributed by atoms with Crippen molar-refractivity contribution in [1.82, 2.24) is 4.98 Å². The second kappa shape index (κ2) is 5.19. The van der Waals surface area contributed by atoms with Crippen LogP contribution in [0.2, 0.25) is 0 Å². The Labute approximate surface area is 133 Å². The summed E-state index contributed by atoms with van der Waals surface area (Å²) in [6.07, 6.45) is 6.28. The van der Waals surface area contributed by atoms with Gasteiger partial charge in [0, 0.05) is 5.39 Å². The van der Waals surface area contributed by atoms with Gasteiger partial charge in [-0.25, -0.2) is 0 Å². The summed E-state index contributed by atoms with van der Waals surface area (Å²) in [4.78, 5) is 28.4. The van der Waals surface area contributed by atoms with E-state index in [1.165, 1.54) is 0 Å². The highest BCUT2D eigenvalue weighted by Gasteiger charge is 2.51. The van der Waals surface area contributed by atoms with Gasteiger partial charge in [0.2, 0.25) is 5.91 Å². The van der Waals surface area contributed by atoms with Crippen LogP contribution in [0, 0.1) is 23.7 Å². The Kier molecular flexibility index (Phi) is 3.15. The van der Waals surface area contributed by atoms with E-state index in [1.54, 1.807) is 6.20 Å². The van der Waals surface area contributed by atoms with E-state index in [2.05, 4.69) is 10.3 Å². The second-order valence-corrected chi connectivity index (χ2v) is 6.24. The lowest BCUT2D eigenvalue weighted by Crippen LogP contribution is -2.36. The first-order valence-corrected chi connectivity index (χ1v) is 7.70. The number of nitrogens with one attached hydrogen (secondary N) is 1. The number of nitrogens with zero attached hydrogens (tertiary/aromatic N) is 1. The number of aromatic nitrogens is 1. The number of rotatable bonds is 3. The molecule has 0 spiro atoms. The number of para-hydroxylation sites is 1. The molecule has 0 saturated heterocycles. The summed E-state index contributed by atoms with van der Waals surface area (Å²) in [5.74, 6) is -2.25. The zero-order chi connectivity index (χ0) is 16.0. The smallest absolute Gasteiger partial charge is 0.307 e. The van der Waals surface area contributed by atoms with Crippen molar-refractivity contribution >= 4 is 28.5 Å². The minimum atomic E-state index is -0.890. The molecule has 23 heavy (non-hydrogen) atoms. The zero-order valence-electron chi connectivity index (χ0n) is 12.3. The second-order valence-electron chi connectivity index (χ2n) is 6.24. The Morgan fingerprint density at radius 1 is 1.13 bits per heavy atom. The van der Waals surface area contributed by atoms with Crippen molar-refractivity contribution in [3.05, 3.63) is 48.7 Å². The number of pyridine rings is 1. The topological polar surface area (TPSA) is 79.3 Å². The van der Waals surface area contributed by atoms with Gasteiger partial charge in [-0.15, -0.1) is 0 Å². The maximum absolute atomic E-state index is 12.6. The van der Waals surface area contributed by atoms with Crippen molar-refractivity contribution in [3.63, 3.8) is 0 Å². The number of allylic oxidation sites excluding steroid dienone is 2. The summed E-state index contributed by atoms with van der Waals surface area (Å²) < 4.78 is 0. The molecule has 2 aromatic rings. The average Bonchev–Trinajstić information content (AvgIpc) is 3.15. The summed E-state index contributed by atoms with van der Waals surface area (Å²) in [6, 6.07) is 9.52. The molecule has 5 heteroatoms. The molecule has 5 nitrogen and oxygen atoms in total. The number of amides is 1. The predicted octanol–water partition coefficient (Wildman–Crippen LogP) is 2.70. The third-order valence-electron chi connectivity index (χ3n) is 4.91. The number of benzene rings is 1. The standard InChI is InChI=1S/C18H16N2O3/c21-17(15-11-5-6-12(7-11)16(15)18(22)23)20-13-8-10-3-1-2-4-14(10)19-9-13/h1-6,8-9,11-12,15-16H,7H2,(H,20,21)(H,22,23)/t11-,12+,15-,16+/m1/s1. The Bertz CT molecular complexity index is 830. The highest BCUT2D eigenvalue weighted by atomic mass is 16.4. The van der Waals surface area contributed by atoms with E-state index >= 15 is 0 Å². The van der Waals surface area contributed by atoms with Crippen LogP contribution in [0.15, 0.2) is 48.7 Å². The monoisotopic (exact) mass is 308 g/mol. The first-order chi connectivity index (χ1) is 11.1. The number of anilines is 1. The van der Waals surface area contributed by atoms with Gasteiger partial charge < -0.3 is 10.4 Å². The van der Waals surface area contributed by atoms with Gasteiger partial charge in [-0.1, -0.05) is 30.4 Å². The summed E-state index contributed by atoms with van der Waals surface area (Å²) in [5.41, 5.74) is 1.46. The molecule has 2 aliphatic rings. The van der Waals surface area contributed by atoms with Crippen LogP contribution in [-0.2, 0) is 9.59 Å². The zero-order valence-corrected chi connectivity index (χ0v) is 12.3. The largest absolute Gasteiger partial charge is 0.481 e. The van der Waals surface area contributed by atoms with Gasteiger partial charge in [0.15, 0.2) is 0 Å². The minimum absolute atomic E-state index is 0.0227. The Balaban J connectivity index is 1.59. The van der Waals surface area contributed by atoms with Gasteiger partial charge in [0.25, 0.3) is 0 Å². The highest BCUT2D eigenvalue weighted by molar-refractivity contribution is 5.97. The first-order valence-electron chi connectivity index (χ1n) is 7.70. The van der Waals surface area contributed by atoms with Crippen molar-refractivity contribution in [2.24, 2.45) is 23.7 Å². The normalized spacial score (nSPS) is 28.2. The molecule has 4 atom stereocenters. The third kappa shape index (κ3) is 2.29. The molecular weight excluding hydrogens is 292 g/mol. The maximum Gasteiger partial charge on any atom is 0.307 e. The molecule has 4 rings (SSSR count). The fourth-order valence-corrected chi connectivity index (χ4v) is 3.88. The number of hydrogen-bond acceptors (Lipinski definition) is 3. The maximum atomic E-state index is 12.6. The lowest BCUT2D eigenvalue weighted by Gasteiger charge is -2.23. The fourth-order valence-electron chi connectivity index (χ4n) is 3.88. The Hall–Kier alpha value is -2.69. The molecule has 0 aliphatic heterocycles. The van der Waals surface area contributed by atoms with E-state index in [-0.39, 0.29) is 17.7 Å². The van der Waals surface area contributed by atoms with Crippen LogP contribution < -0.4 is 5.32 Å². The van der Waals surface area contributed by atoms with E-state index in [0.717, 1.165) is 17.3 Å². The van der Waals surface area contributed by atoms with Crippen molar-refractivity contribution in [3.8, 4) is 0 Å². The van der Waals surface area contributed by atoms with Gasteiger partial charge in [0.1, 0.15) is 0 Å². The van der Waals surface area contributed by atoms with E-state index in [9.17, 15) is 14.7 Å². The molecule has 0 unspecified atom stereocenters. The molecule has 0 radical (unpaired) electrons. The molecule has 1 aromatic heterocycles. The Morgan fingerprint density at radius 2 is 1.87 bits per heavy atom.